The number of carbonyl (C=O) groups is 2. The molecule has 1 aromatic heterocycles. The van der Waals surface area contributed by atoms with Crippen LogP contribution < -0.4 is 5.32 Å². The molecule has 7 heteroatoms. The minimum atomic E-state index is -0.185. The lowest BCUT2D eigenvalue weighted by Crippen LogP contribution is -2.50. The van der Waals surface area contributed by atoms with E-state index < -0.39 is 0 Å². The Hall–Kier alpha value is -1.89. The number of hydrogen-bond acceptors (Lipinski definition) is 5. The molecule has 0 bridgehead atoms. The predicted octanol–water partition coefficient (Wildman–Crippen LogP) is 0.970. The first-order valence-corrected chi connectivity index (χ1v) is 8.75. The normalized spacial score (nSPS) is 23.0. The third-order valence-electron chi connectivity index (χ3n) is 5.05. The van der Waals surface area contributed by atoms with Crippen molar-refractivity contribution in [1.82, 2.24) is 20.1 Å². The smallest absolute Gasteiger partial charge is 0.289 e. The molecular formula is C17H26N4O3. The number of rotatable bonds is 4. The summed E-state index contributed by atoms with van der Waals surface area (Å²) in [5.41, 5.74) is 0.640. The van der Waals surface area contributed by atoms with E-state index in [1.54, 1.807) is 11.8 Å². The quantitative estimate of drug-likeness (QED) is 0.888. The Labute approximate surface area is 142 Å². The molecule has 2 aliphatic rings. The van der Waals surface area contributed by atoms with Gasteiger partial charge in [-0.2, -0.15) is 0 Å². The van der Waals surface area contributed by atoms with Crippen LogP contribution in [0.1, 0.15) is 48.3 Å². The number of nitrogens with one attached hydrogen (secondary N) is 1. The highest BCUT2D eigenvalue weighted by Gasteiger charge is 2.36. The molecule has 3 heterocycles. The summed E-state index contributed by atoms with van der Waals surface area (Å²) in [7, 11) is 1.86. The van der Waals surface area contributed by atoms with E-state index in [0.717, 1.165) is 38.9 Å². The summed E-state index contributed by atoms with van der Waals surface area (Å²) in [4.78, 5) is 32.8. The van der Waals surface area contributed by atoms with Crippen LogP contribution in [-0.2, 0) is 11.2 Å². The Bertz CT molecular complexity index is 619. The second kappa shape index (κ2) is 6.93. The number of likely N-dealkylation sites (tertiary alicyclic amines) is 2. The first kappa shape index (κ1) is 17.0. The SMILES string of the molecule is CCc1nc(C)c(C(=O)NC2CCN([C@H]3CCN(C)C3=O)CC2)o1. The van der Waals surface area contributed by atoms with Gasteiger partial charge in [0.05, 0.1) is 11.7 Å². The van der Waals surface area contributed by atoms with Crippen LogP contribution in [0.15, 0.2) is 4.42 Å². The number of aromatic nitrogens is 1. The van der Waals surface area contributed by atoms with Crippen molar-refractivity contribution in [2.24, 2.45) is 0 Å². The Balaban J connectivity index is 1.52. The van der Waals surface area contributed by atoms with Gasteiger partial charge in [0.25, 0.3) is 5.91 Å². The van der Waals surface area contributed by atoms with Gasteiger partial charge in [-0.05, 0) is 26.2 Å². The highest BCUT2D eigenvalue weighted by atomic mass is 16.4. The molecule has 0 spiro atoms. The van der Waals surface area contributed by atoms with Gasteiger partial charge in [0, 0.05) is 39.1 Å². The maximum absolute atomic E-state index is 12.4. The summed E-state index contributed by atoms with van der Waals surface area (Å²) in [6.45, 7) is 6.26. The van der Waals surface area contributed by atoms with E-state index in [-0.39, 0.29) is 23.9 Å². The molecule has 1 N–H and O–H groups in total. The fraction of sp³-hybridized carbons (Fsp3) is 0.706. The molecule has 1 atom stereocenters. The highest BCUT2D eigenvalue weighted by Crippen LogP contribution is 2.21. The number of likely N-dealkylation sites (N-methyl/N-ethyl adjacent to an activating group) is 1. The molecule has 3 rings (SSSR count). The van der Waals surface area contributed by atoms with Crippen molar-refractivity contribution in [3.8, 4) is 0 Å². The van der Waals surface area contributed by atoms with Crippen LogP contribution in [0, 0.1) is 6.92 Å². The fourth-order valence-electron chi connectivity index (χ4n) is 3.56. The Morgan fingerprint density at radius 2 is 2.00 bits per heavy atom. The Morgan fingerprint density at radius 1 is 1.29 bits per heavy atom. The lowest BCUT2D eigenvalue weighted by atomic mass is 10.0. The molecule has 7 nitrogen and oxygen atoms in total. The minimum absolute atomic E-state index is 0.0234. The van der Waals surface area contributed by atoms with Gasteiger partial charge in [-0.15, -0.1) is 0 Å². The van der Waals surface area contributed by atoms with Crippen LogP contribution in [-0.4, -0.2) is 65.4 Å². The van der Waals surface area contributed by atoms with Gasteiger partial charge in [-0.3, -0.25) is 14.5 Å². The minimum Gasteiger partial charge on any atom is -0.435 e. The van der Waals surface area contributed by atoms with Gasteiger partial charge in [0.2, 0.25) is 11.7 Å². The molecule has 1 aromatic rings. The third-order valence-corrected chi connectivity index (χ3v) is 5.05. The van der Waals surface area contributed by atoms with Crippen LogP contribution in [0.2, 0.25) is 0 Å². The van der Waals surface area contributed by atoms with Gasteiger partial charge in [0.15, 0.2) is 5.89 Å². The maximum atomic E-state index is 12.4. The van der Waals surface area contributed by atoms with E-state index in [1.165, 1.54) is 0 Å². The standard InChI is InChI=1S/C17H26N4O3/c1-4-14-18-11(2)15(24-14)16(22)19-12-5-9-21(10-6-12)13-7-8-20(3)17(13)23/h12-13H,4-10H2,1-3H3,(H,19,22)/t13-/m0/s1. The molecular weight excluding hydrogens is 308 g/mol. The molecule has 2 saturated heterocycles. The monoisotopic (exact) mass is 334 g/mol. The molecule has 2 aliphatic heterocycles. The topological polar surface area (TPSA) is 78.7 Å². The van der Waals surface area contributed by atoms with Crippen molar-refractivity contribution >= 4 is 11.8 Å². The van der Waals surface area contributed by atoms with Crippen molar-refractivity contribution in [3.05, 3.63) is 17.3 Å². The van der Waals surface area contributed by atoms with Gasteiger partial charge in [-0.25, -0.2) is 4.98 Å². The van der Waals surface area contributed by atoms with Crippen molar-refractivity contribution in [2.75, 3.05) is 26.7 Å². The van der Waals surface area contributed by atoms with Crippen LogP contribution in [0.5, 0.6) is 0 Å². The van der Waals surface area contributed by atoms with E-state index in [4.69, 9.17) is 4.42 Å². The van der Waals surface area contributed by atoms with E-state index >= 15 is 0 Å². The number of aryl methyl sites for hydroxylation is 2. The Kier molecular flexibility index (Phi) is 4.89. The summed E-state index contributed by atoms with van der Waals surface area (Å²) < 4.78 is 5.51. The first-order valence-electron chi connectivity index (χ1n) is 8.75. The number of amides is 2. The van der Waals surface area contributed by atoms with Crippen molar-refractivity contribution in [2.45, 2.75) is 51.6 Å². The average Bonchev–Trinajstić information content (AvgIpc) is 3.12. The highest BCUT2D eigenvalue weighted by molar-refractivity contribution is 5.92. The summed E-state index contributed by atoms with van der Waals surface area (Å²) in [5.74, 6) is 0.954. The fourth-order valence-corrected chi connectivity index (χ4v) is 3.56. The van der Waals surface area contributed by atoms with Crippen LogP contribution in [0.25, 0.3) is 0 Å². The molecule has 0 aromatic carbocycles. The van der Waals surface area contributed by atoms with E-state index in [2.05, 4.69) is 15.2 Å². The first-order chi connectivity index (χ1) is 11.5. The van der Waals surface area contributed by atoms with Gasteiger partial charge >= 0.3 is 0 Å². The predicted molar refractivity (Wildman–Crippen MR) is 88.7 cm³/mol. The summed E-state index contributed by atoms with van der Waals surface area (Å²) in [6.07, 6.45) is 3.29. The maximum Gasteiger partial charge on any atom is 0.289 e. The number of piperidine rings is 1. The van der Waals surface area contributed by atoms with E-state index in [1.807, 2.05) is 14.0 Å². The van der Waals surface area contributed by atoms with Gasteiger partial charge in [-0.1, -0.05) is 6.92 Å². The summed E-state index contributed by atoms with van der Waals surface area (Å²) in [5, 5.41) is 3.05. The number of oxazole rings is 1. The average molecular weight is 334 g/mol. The molecule has 0 aliphatic carbocycles. The number of nitrogens with zero attached hydrogens (tertiary/aromatic N) is 3. The number of carbonyl (C=O) groups excluding carboxylic acids is 2. The van der Waals surface area contributed by atoms with Crippen LogP contribution in [0.4, 0.5) is 0 Å². The van der Waals surface area contributed by atoms with Gasteiger partial charge in [0.1, 0.15) is 0 Å². The summed E-state index contributed by atoms with van der Waals surface area (Å²) >= 11 is 0. The largest absolute Gasteiger partial charge is 0.435 e. The van der Waals surface area contributed by atoms with Crippen LogP contribution in [0.3, 0.4) is 0 Å². The molecule has 2 amide bonds. The molecule has 0 radical (unpaired) electrons. The molecule has 0 unspecified atom stereocenters. The van der Waals surface area contributed by atoms with Crippen molar-refractivity contribution in [3.63, 3.8) is 0 Å². The number of hydrogen-bond donors (Lipinski definition) is 1. The molecule has 2 fully saturated rings. The lowest BCUT2D eigenvalue weighted by Gasteiger charge is -2.35. The molecule has 132 valence electrons. The lowest BCUT2D eigenvalue weighted by molar-refractivity contribution is -0.131. The Morgan fingerprint density at radius 3 is 2.54 bits per heavy atom. The second-order valence-electron chi connectivity index (χ2n) is 6.72. The van der Waals surface area contributed by atoms with Gasteiger partial charge < -0.3 is 14.6 Å². The summed E-state index contributed by atoms with van der Waals surface area (Å²) in [6, 6.07) is 0.146. The van der Waals surface area contributed by atoms with E-state index in [0.29, 0.717) is 23.8 Å². The van der Waals surface area contributed by atoms with Crippen molar-refractivity contribution in [1.29, 1.82) is 0 Å². The van der Waals surface area contributed by atoms with Crippen LogP contribution >= 0.6 is 0 Å². The zero-order valence-corrected chi connectivity index (χ0v) is 14.7. The van der Waals surface area contributed by atoms with Crippen molar-refractivity contribution < 1.29 is 14.0 Å². The molecule has 24 heavy (non-hydrogen) atoms. The second-order valence-corrected chi connectivity index (χ2v) is 6.72. The van der Waals surface area contributed by atoms with E-state index in [9.17, 15) is 9.59 Å². The molecule has 0 saturated carbocycles. The zero-order chi connectivity index (χ0) is 17.3. The third kappa shape index (κ3) is 3.31. The zero-order valence-electron chi connectivity index (χ0n) is 14.7.